The molecule has 0 spiro atoms. The molecular weight excluding hydrogens is 420 g/mol. The summed E-state index contributed by atoms with van der Waals surface area (Å²) in [7, 11) is 0. The Morgan fingerprint density at radius 2 is 1.29 bits per heavy atom. The number of nitrogens with one attached hydrogen (secondary N) is 3. The Kier molecular flexibility index (Phi) is 11.2. The van der Waals surface area contributed by atoms with E-state index in [0.717, 1.165) is 6.92 Å². The van der Waals surface area contributed by atoms with Crippen molar-refractivity contribution in [3.63, 3.8) is 0 Å². The number of nitrogens with two attached hydrogens (primary N) is 3. The number of primary amides is 2. The maximum absolute atomic E-state index is 12.6. The summed E-state index contributed by atoms with van der Waals surface area (Å²) in [6, 6.07) is -5.92. The van der Waals surface area contributed by atoms with Crippen LogP contribution in [0.5, 0.6) is 0 Å². The second kappa shape index (κ2) is 12.7. The van der Waals surface area contributed by atoms with E-state index in [0.29, 0.717) is 0 Å². The van der Waals surface area contributed by atoms with Crippen LogP contribution in [-0.2, 0) is 33.6 Å². The first kappa shape index (κ1) is 27.2. The first-order chi connectivity index (χ1) is 14.2. The molecule has 4 unspecified atom stereocenters. The molecule has 0 saturated carbocycles. The smallest absolute Gasteiger partial charge is 0.325 e. The minimum absolute atomic E-state index is 0.330. The Bertz CT molecular complexity index is 741. The zero-order chi connectivity index (χ0) is 24.3. The van der Waals surface area contributed by atoms with Gasteiger partial charge in [-0.15, -0.1) is 0 Å². The fraction of sp³-hybridized carbons (Fsp3) is 0.562. The third kappa shape index (κ3) is 11.1. The highest BCUT2D eigenvalue weighted by Crippen LogP contribution is 2.02. The van der Waals surface area contributed by atoms with Crippen LogP contribution < -0.4 is 33.2 Å². The van der Waals surface area contributed by atoms with Gasteiger partial charge in [-0.3, -0.25) is 33.6 Å². The van der Waals surface area contributed by atoms with Crippen molar-refractivity contribution in [2.45, 2.75) is 56.8 Å². The third-order valence-corrected chi connectivity index (χ3v) is 3.81. The average Bonchev–Trinajstić information content (AvgIpc) is 2.62. The van der Waals surface area contributed by atoms with Gasteiger partial charge in [0, 0.05) is 6.42 Å². The molecular formula is C16H26N6O9. The van der Waals surface area contributed by atoms with E-state index in [-0.39, 0.29) is 12.8 Å². The highest BCUT2D eigenvalue weighted by molar-refractivity contribution is 5.96. The molecule has 0 aromatic rings. The van der Waals surface area contributed by atoms with Crippen LogP contribution >= 0.6 is 0 Å². The number of aliphatic carboxylic acids is 2. The molecule has 15 heteroatoms. The summed E-state index contributed by atoms with van der Waals surface area (Å²) in [6.07, 6.45) is -2.13. The van der Waals surface area contributed by atoms with Gasteiger partial charge in [0.25, 0.3) is 0 Å². The van der Waals surface area contributed by atoms with Gasteiger partial charge in [0.05, 0.1) is 18.9 Å². The summed E-state index contributed by atoms with van der Waals surface area (Å²) >= 11 is 0. The van der Waals surface area contributed by atoms with Gasteiger partial charge >= 0.3 is 11.9 Å². The van der Waals surface area contributed by atoms with Gasteiger partial charge in [-0.2, -0.15) is 0 Å². The van der Waals surface area contributed by atoms with Crippen LogP contribution in [0.15, 0.2) is 0 Å². The van der Waals surface area contributed by atoms with Gasteiger partial charge in [-0.05, 0) is 13.3 Å². The highest BCUT2D eigenvalue weighted by Gasteiger charge is 2.30. The molecule has 0 radical (unpaired) electrons. The second-order valence-corrected chi connectivity index (χ2v) is 6.57. The Balaban J connectivity index is 5.45. The molecule has 0 rings (SSSR count). The van der Waals surface area contributed by atoms with Crippen molar-refractivity contribution in [2.24, 2.45) is 17.2 Å². The Morgan fingerprint density at radius 1 is 0.774 bits per heavy atom. The van der Waals surface area contributed by atoms with Crippen LogP contribution in [0.3, 0.4) is 0 Å². The molecule has 15 nitrogen and oxygen atoms in total. The molecule has 0 aromatic carbocycles. The molecule has 0 saturated heterocycles. The van der Waals surface area contributed by atoms with Crippen molar-refractivity contribution in [2.75, 3.05) is 0 Å². The third-order valence-electron chi connectivity index (χ3n) is 3.81. The zero-order valence-corrected chi connectivity index (χ0v) is 16.6. The fourth-order valence-electron chi connectivity index (χ4n) is 2.17. The summed E-state index contributed by atoms with van der Waals surface area (Å²) in [6.45, 7) is 1.14. The zero-order valence-electron chi connectivity index (χ0n) is 16.6. The van der Waals surface area contributed by atoms with Gasteiger partial charge in [0.1, 0.15) is 18.1 Å². The van der Waals surface area contributed by atoms with Crippen molar-refractivity contribution in [1.29, 1.82) is 0 Å². The van der Waals surface area contributed by atoms with Crippen molar-refractivity contribution in [1.82, 2.24) is 16.0 Å². The normalized spacial score (nSPS) is 14.3. The van der Waals surface area contributed by atoms with E-state index < -0.39 is 78.5 Å². The molecule has 31 heavy (non-hydrogen) atoms. The standard InChI is InChI=1S/C16H26N6O9/c1-6(16(30)31)20-15(29)9(5-11(19)24)22-14(28)8(2-3-10(18)23)21-13(27)7(17)4-12(25)26/h6-9H,2-5,17H2,1H3,(H2,18,23)(H2,19,24)(H,20,29)(H,21,27)(H,22,28)(H,25,26)(H,30,31). The van der Waals surface area contributed by atoms with E-state index >= 15 is 0 Å². The Morgan fingerprint density at radius 3 is 1.74 bits per heavy atom. The van der Waals surface area contributed by atoms with Crippen molar-refractivity contribution < 1.29 is 43.8 Å². The lowest BCUT2D eigenvalue weighted by atomic mass is 10.1. The van der Waals surface area contributed by atoms with Crippen LogP contribution in [0.25, 0.3) is 0 Å². The molecule has 0 aliphatic rings. The number of carboxylic acid groups (broad SMARTS) is 2. The van der Waals surface area contributed by atoms with Gasteiger partial charge < -0.3 is 43.4 Å². The number of hydrogen-bond donors (Lipinski definition) is 8. The van der Waals surface area contributed by atoms with E-state index in [1.807, 2.05) is 0 Å². The molecule has 0 aliphatic heterocycles. The van der Waals surface area contributed by atoms with Crippen LogP contribution in [-0.4, -0.2) is 75.9 Å². The molecule has 174 valence electrons. The number of amides is 5. The second-order valence-electron chi connectivity index (χ2n) is 6.57. The molecule has 11 N–H and O–H groups in total. The molecule has 5 amide bonds. The van der Waals surface area contributed by atoms with Crippen LogP contribution in [0.1, 0.15) is 32.6 Å². The summed E-state index contributed by atoms with van der Waals surface area (Å²) < 4.78 is 0. The van der Waals surface area contributed by atoms with E-state index in [9.17, 15) is 33.6 Å². The number of rotatable bonds is 14. The molecule has 0 fully saturated rings. The van der Waals surface area contributed by atoms with E-state index in [1.165, 1.54) is 0 Å². The predicted octanol–water partition coefficient (Wildman–Crippen LogP) is -4.51. The maximum Gasteiger partial charge on any atom is 0.325 e. The largest absolute Gasteiger partial charge is 0.481 e. The lowest BCUT2D eigenvalue weighted by Crippen LogP contribution is -2.57. The number of carbonyl (C=O) groups is 7. The Hall–Kier alpha value is -3.75. The molecule has 0 aliphatic carbocycles. The first-order valence-electron chi connectivity index (χ1n) is 8.92. The average molecular weight is 446 g/mol. The fourth-order valence-corrected chi connectivity index (χ4v) is 2.17. The van der Waals surface area contributed by atoms with Gasteiger partial charge in [0.15, 0.2) is 0 Å². The van der Waals surface area contributed by atoms with Crippen molar-refractivity contribution in [3.8, 4) is 0 Å². The molecule has 4 atom stereocenters. The topological polar surface area (TPSA) is 274 Å². The van der Waals surface area contributed by atoms with Crippen LogP contribution in [0, 0.1) is 0 Å². The maximum atomic E-state index is 12.6. The van der Waals surface area contributed by atoms with E-state index in [2.05, 4.69) is 16.0 Å². The minimum atomic E-state index is -1.59. The lowest BCUT2D eigenvalue weighted by Gasteiger charge is -2.24. The summed E-state index contributed by atoms with van der Waals surface area (Å²) in [4.78, 5) is 80.7. The molecule has 0 heterocycles. The van der Waals surface area contributed by atoms with Crippen molar-refractivity contribution in [3.05, 3.63) is 0 Å². The van der Waals surface area contributed by atoms with Gasteiger partial charge in [-0.25, -0.2) is 0 Å². The van der Waals surface area contributed by atoms with Gasteiger partial charge in [0.2, 0.25) is 29.5 Å². The highest BCUT2D eigenvalue weighted by atomic mass is 16.4. The lowest BCUT2D eigenvalue weighted by molar-refractivity contribution is -0.142. The summed E-state index contributed by atoms with van der Waals surface area (Å²) in [5, 5.41) is 23.9. The number of carboxylic acids is 2. The van der Waals surface area contributed by atoms with Crippen LogP contribution in [0.4, 0.5) is 0 Å². The summed E-state index contributed by atoms with van der Waals surface area (Å²) in [5.74, 6) is -7.66. The molecule has 0 bridgehead atoms. The SMILES string of the molecule is CC(NC(=O)C(CC(N)=O)NC(=O)C(CCC(N)=O)NC(=O)C(N)CC(=O)O)C(=O)O. The van der Waals surface area contributed by atoms with Crippen LogP contribution in [0.2, 0.25) is 0 Å². The van der Waals surface area contributed by atoms with Crippen molar-refractivity contribution >= 4 is 41.5 Å². The van der Waals surface area contributed by atoms with E-state index in [4.69, 9.17) is 27.4 Å². The molecule has 0 aromatic heterocycles. The number of carbonyl (C=O) groups excluding carboxylic acids is 5. The monoisotopic (exact) mass is 446 g/mol. The predicted molar refractivity (Wildman–Crippen MR) is 102 cm³/mol. The number of hydrogen-bond acceptors (Lipinski definition) is 8. The van der Waals surface area contributed by atoms with Gasteiger partial charge in [-0.1, -0.05) is 0 Å². The van der Waals surface area contributed by atoms with E-state index in [1.54, 1.807) is 0 Å². The summed E-state index contributed by atoms with van der Waals surface area (Å²) in [5.41, 5.74) is 15.5. The minimum Gasteiger partial charge on any atom is -0.481 e. The first-order valence-corrected chi connectivity index (χ1v) is 8.92. The quantitative estimate of drug-likeness (QED) is 0.126. The Labute approximate surface area is 176 Å².